The molecule has 0 rings (SSSR count). The van der Waals surface area contributed by atoms with Crippen LogP contribution in [0, 0.1) is 11.8 Å². The van der Waals surface area contributed by atoms with E-state index in [1.165, 1.54) is 13.8 Å². The van der Waals surface area contributed by atoms with Gasteiger partial charge in [0.1, 0.15) is 0 Å². The summed E-state index contributed by atoms with van der Waals surface area (Å²) in [6, 6.07) is 0. The van der Waals surface area contributed by atoms with Gasteiger partial charge in [0.25, 0.3) is 5.79 Å². The maximum absolute atomic E-state index is 11.7. The minimum absolute atomic E-state index is 0.209. The molecule has 0 saturated heterocycles. The molecular formula is C14H26O5. The minimum atomic E-state index is -1.31. The first-order valence-corrected chi connectivity index (χ1v) is 6.76. The van der Waals surface area contributed by atoms with Gasteiger partial charge in [0.15, 0.2) is 0 Å². The summed E-state index contributed by atoms with van der Waals surface area (Å²) in [5, 5.41) is 0. The van der Waals surface area contributed by atoms with Crippen LogP contribution < -0.4 is 0 Å². The van der Waals surface area contributed by atoms with Crippen molar-refractivity contribution < 1.29 is 23.8 Å². The van der Waals surface area contributed by atoms with E-state index in [1.807, 2.05) is 20.8 Å². The average Bonchev–Trinajstić information content (AvgIpc) is 2.25. The van der Waals surface area contributed by atoms with Gasteiger partial charge in [-0.2, -0.15) is 0 Å². The van der Waals surface area contributed by atoms with Crippen molar-refractivity contribution in [2.75, 3.05) is 6.61 Å². The molecule has 5 nitrogen and oxygen atoms in total. The summed E-state index contributed by atoms with van der Waals surface area (Å²) in [6.45, 7) is 10.9. The molecule has 0 amide bonds. The van der Waals surface area contributed by atoms with E-state index in [1.54, 1.807) is 6.92 Å². The zero-order valence-electron chi connectivity index (χ0n) is 12.8. The molecule has 0 aliphatic heterocycles. The summed E-state index contributed by atoms with van der Waals surface area (Å²) in [4.78, 5) is 23.1. The van der Waals surface area contributed by atoms with E-state index in [0.717, 1.165) is 12.8 Å². The number of carbonyl (C=O) groups excluding carboxylic acids is 2. The van der Waals surface area contributed by atoms with Gasteiger partial charge < -0.3 is 14.2 Å². The standard InChI is InChI=1S/C14H26O5/c1-7-8-11(4)12(15)18-14(5,6)19-13(16)17-9-10(2)3/h10-11H,7-9H2,1-6H3. The third kappa shape index (κ3) is 8.46. The Morgan fingerprint density at radius 2 is 1.68 bits per heavy atom. The summed E-state index contributed by atoms with van der Waals surface area (Å²) in [7, 11) is 0. The van der Waals surface area contributed by atoms with Crippen LogP contribution in [0.3, 0.4) is 0 Å². The number of esters is 1. The van der Waals surface area contributed by atoms with Crippen LogP contribution in [-0.4, -0.2) is 24.5 Å². The number of rotatable bonds is 7. The fraction of sp³-hybridized carbons (Fsp3) is 0.857. The highest BCUT2D eigenvalue weighted by Gasteiger charge is 2.30. The van der Waals surface area contributed by atoms with E-state index in [-0.39, 0.29) is 24.4 Å². The first-order chi connectivity index (χ1) is 8.68. The molecule has 5 heteroatoms. The molecule has 0 aliphatic rings. The zero-order chi connectivity index (χ0) is 15.1. The van der Waals surface area contributed by atoms with Crippen LogP contribution in [0.25, 0.3) is 0 Å². The maximum atomic E-state index is 11.7. The van der Waals surface area contributed by atoms with Crippen LogP contribution in [0.4, 0.5) is 4.79 Å². The molecule has 0 aromatic rings. The lowest BCUT2D eigenvalue weighted by atomic mass is 10.1. The largest absolute Gasteiger partial charge is 0.511 e. The van der Waals surface area contributed by atoms with Gasteiger partial charge in [-0.1, -0.05) is 34.1 Å². The molecule has 19 heavy (non-hydrogen) atoms. The molecule has 0 bridgehead atoms. The summed E-state index contributed by atoms with van der Waals surface area (Å²) < 4.78 is 15.0. The van der Waals surface area contributed by atoms with Gasteiger partial charge in [-0.15, -0.1) is 0 Å². The van der Waals surface area contributed by atoms with Gasteiger partial charge in [-0.25, -0.2) is 4.79 Å². The van der Waals surface area contributed by atoms with Gasteiger partial charge in [0.2, 0.25) is 0 Å². The van der Waals surface area contributed by atoms with E-state index in [9.17, 15) is 9.59 Å². The topological polar surface area (TPSA) is 61.8 Å². The number of hydrogen-bond acceptors (Lipinski definition) is 5. The lowest BCUT2D eigenvalue weighted by Gasteiger charge is -2.26. The van der Waals surface area contributed by atoms with E-state index < -0.39 is 11.9 Å². The van der Waals surface area contributed by atoms with Crippen LogP contribution in [0.15, 0.2) is 0 Å². The Bertz CT molecular complexity index is 296. The van der Waals surface area contributed by atoms with E-state index in [2.05, 4.69) is 0 Å². The van der Waals surface area contributed by atoms with Crippen LogP contribution in [0.2, 0.25) is 0 Å². The minimum Gasteiger partial charge on any atom is -0.434 e. The van der Waals surface area contributed by atoms with Crippen LogP contribution in [0.5, 0.6) is 0 Å². The van der Waals surface area contributed by atoms with Crippen LogP contribution in [0.1, 0.15) is 54.4 Å². The predicted molar refractivity (Wildman–Crippen MR) is 71.5 cm³/mol. The second kappa shape index (κ2) is 8.02. The Morgan fingerprint density at radius 3 is 2.16 bits per heavy atom. The van der Waals surface area contributed by atoms with E-state index in [4.69, 9.17) is 14.2 Å². The molecule has 0 aromatic carbocycles. The molecule has 1 unspecified atom stereocenters. The van der Waals surface area contributed by atoms with Crippen molar-refractivity contribution in [3.05, 3.63) is 0 Å². The van der Waals surface area contributed by atoms with Gasteiger partial charge in [-0.05, 0) is 12.3 Å². The van der Waals surface area contributed by atoms with Crippen LogP contribution >= 0.6 is 0 Å². The predicted octanol–water partition coefficient (Wildman–Crippen LogP) is 3.51. The Balaban J connectivity index is 4.23. The quantitative estimate of drug-likeness (QED) is 0.525. The summed E-state index contributed by atoms with van der Waals surface area (Å²) in [5.74, 6) is -1.67. The highest BCUT2D eigenvalue weighted by atomic mass is 16.8. The molecule has 112 valence electrons. The number of ether oxygens (including phenoxy) is 3. The first kappa shape index (κ1) is 17.7. The molecule has 0 heterocycles. The molecule has 0 aliphatic carbocycles. The van der Waals surface area contributed by atoms with Crippen molar-refractivity contribution in [2.24, 2.45) is 11.8 Å². The van der Waals surface area contributed by atoms with Crippen molar-refractivity contribution in [1.82, 2.24) is 0 Å². The maximum Gasteiger partial charge on any atom is 0.511 e. The number of carbonyl (C=O) groups is 2. The normalized spacial score (nSPS) is 13.0. The van der Waals surface area contributed by atoms with Crippen molar-refractivity contribution >= 4 is 12.1 Å². The van der Waals surface area contributed by atoms with Crippen molar-refractivity contribution in [3.8, 4) is 0 Å². The third-order valence-electron chi connectivity index (χ3n) is 2.33. The van der Waals surface area contributed by atoms with E-state index >= 15 is 0 Å². The molecule has 0 N–H and O–H groups in total. The monoisotopic (exact) mass is 274 g/mol. The molecule has 1 atom stereocenters. The highest BCUT2D eigenvalue weighted by Crippen LogP contribution is 2.17. The van der Waals surface area contributed by atoms with Crippen molar-refractivity contribution in [3.63, 3.8) is 0 Å². The Labute approximate surface area is 115 Å². The van der Waals surface area contributed by atoms with Gasteiger partial charge in [-0.3, -0.25) is 4.79 Å². The van der Waals surface area contributed by atoms with Gasteiger partial charge in [0, 0.05) is 13.8 Å². The Hall–Kier alpha value is -1.26. The lowest BCUT2D eigenvalue weighted by Crippen LogP contribution is -2.36. The van der Waals surface area contributed by atoms with E-state index in [0.29, 0.717) is 0 Å². The Morgan fingerprint density at radius 1 is 1.11 bits per heavy atom. The fourth-order valence-electron chi connectivity index (χ4n) is 1.38. The fourth-order valence-corrected chi connectivity index (χ4v) is 1.38. The third-order valence-corrected chi connectivity index (χ3v) is 2.33. The Kier molecular flexibility index (Phi) is 7.49. The molecule has 0 radical (unpaired) electrons. The molecular weight excluding hydrogens is 248 g/mol. The molecule has 0 fully saturated rings. The SMILES string of the molecule is CCCC(C)C(=O)OC(C)(C)OC(=O)OCC(C)C. The summed E-state index contributed by atoms with van der Waals surface area (Å²) in [5.41, 5.74) is 0. The number of hydrogen-bond donors (Lipinski definition) is 0. The van der Waals surface area contributed by atoms with Crippen molar-refractivity contribution in [2.45, 2.75) is 60.2 Å². The lowest BCUT2D eigenvalue weighted by molar-refractivity contribution is -0.204. The van der Waals surface area contributed by atoms with Crippen molar-refractivity contribution in [1.29, 1.82) is 0 Å². The smallest absolute Gasteiger partial charge is 0.434 e. The zero-order valence-corrected chi connectivity index (χ0v) is 12.8. The van der Waals surface area contributed by atoms with Crippen LogP contribution in [-0.2, 0) is 19.0 Å². The van der Waals surface area contributed by atoms with Gasteiger partial charge >= 0.3 is 12.1 Å². The summed E-state index contributed by atoms with van der Waals surface area (Å²) in [6.07, 6.45) is 0.815. The molecule has 0 spiro atoms. The second-order valence-corrected chi connectivity index (χ2v) is 5.57. The summed E-state index contributed by atoms with van der Waals surface area (Å²) >= 11 is 0. The second-order valence-electron chi connectivity index (χ2n) is 5.57. The van der Waals surface area contributed by atoms with Gasteiger partial charge in [0.05, 0.1) is 12.5 Å². The highest BCUT2D eigenvalue weighted by molar-refractivity contribution is 5.72. The molecule has 0 saturated carbocycles. The first-order valence-electron chi connectivity index (χ1n) is 6.76. The average molecular weight is 274 g/mol. The molecule has 0 aromatic heterocycles.